The number of carbonyl (C=O) groups excluding carboxylic acids is 6. The molecule has 12 atom stereocenters. The first-order valence-corrected chi connectivity index (χ1v) is 25.7. The predicted octanol–water partition coefficient (Wildman–Crippen LogP) is 3.43. The summed E-state index contributed by atoms with van der Waals surface area (Å²) in [4.78, 5) is 90.5. The van der Waals surface area contributed by atoms with Gasteiger partial charge in [-0.2, -0.15) is 0 Å². The van der Waals surface area contributed by atoms with Crippen LogP contribution in [0.25, 0.3) is 0 Å². The minimum atomic E-state index is -2.41. The van der Waals surface area contributed by atoms with Crippen molar-refractivity contribution in [1.29, 1.82) is 0 Å². The first-order valence-electron chi connectivity index (χ1n) is 25.7. The molecule has 9 rings (SSSR count). The minimum Gasteiger partial charge on any atom is -0.460 e. The summed E-state index contributed by atoms with van der Waals surface area (Å²) in [6, 6.07) is 23.1. The van der Waals surface area contributed by atoms with E-state index in [1.165, 1.54) is 32.9 Å². The number of ketones is 1. The second-order valence-corrected chi connectivity index (χ2v) is 21.5. The molecule has 18 heteroatoms. The van der Waals surface area contributed by atoms with Crippen LogP contribution in [-0.2, 0) is 42.9 Å². The Morgan fingerprint density at radius 1 is 0.865 bits per heavy atom. The number of aliphatic hydroxyl groups is 3. The third kappa shape index (κ3) is 9.58. The molecule has 6 aliphatic rings. The Kier molecular flexibility index (Phi) is 15.1. The highest BCUT2D eigenvalue weighted by Gasteiger charge is 2.79. The van der Waals surface area contributed by atoms with Gasteiger partial charge in [0.05, 0.1) is 42.3 Å². The number of hydrogen-bond acceptors (Lipinski definition) is 17. The number of Topliss-reactive ketones (excluding diaryl/α,β-unsaturated/α-hetero) is 1. The summed E-state index contributed by atoms with van der Waals surface area (Å²) in [5.41, 5.74) is -7.17. The van der Waals surface area contributed by atoms with Crippen LogP contribution in [0.4, 0.5) is 0 Å². The molecule has 5 N–H and O–H groups in total. The molecule has 396 valence electrons. The number of aliphatic hydroxyl groups excluding tert-OH is 2. The molecule has 3 aromatic rings. The standard InChI is InChI=1S/C56H68N4O14/c1-33-38(71-52(68)46(64)44(35-17-9-6-10-18-35)58-50(66)36-19-11-7-12-20-36)30-56(69)49(73-51(67)37-21-13-8-14-22-37)47-54(5,48(65)45(63)43(33)53(56,3)4)39(29-40-55(47,32-70-40)74-34(2)61)72-42(62)31-59-25-27-60(28-26-59)41-23-15-16-24-57-41/h6-14,17-22,38-41,44-47,49,57,63-64,69H,15-16,23-32H2,1-5H3,(H,58,66)/t38-,39-,40+,41?,44-,45+,46+,47-,49-,54+,55-,56+/m0/s1. The van der Waals surface area contributed by atoms with Crippen LogP contribution in [0, 0.1) is 16.7 Å². The van der Waals surface area contributed by atoms with Gasteiger partial charge in [-0.15, -0.1) is 0 Å². The summed E-state index contributed by atoms with van der Waals surface area (Å²) >= 11 is 0. The van der Waals surface area contributed by atoms with Crippen molar-refractivity contribution in [3.63, 3.8) is 0 Å². The first kappa shape index (κ1) is 53.0. The van der Waals surface area contributed by atoms with Gasteiger partial charge < -0.3 is 49.6 Å². The number of piperazine rings is 1. The van der Waals surface area contributed by atoms with E-state index in [2.05, 4.69) is 15.5 Å². The van der Waals surface area contributed by atoms with E-state index in [0.29, 0.717) is 18.7 Å². The van der Waals surface area contributed by atoms with Gasteiger partial charge in [0, 0.05) is 56.9 Å². The van der Waals surface area contributed by atoms with Crippen LogP contribution in [0.2, 0.25) is 0 Å². The molecule has 3 aromatic carbocycles. The van der Waals surface area contributed by atoms with Gasteiger partial charge in [-0.05, 0) is 80.6 Å². The Hall–Kier alpha value is -5.86. The summed E-state index contributed by atoms with van der Waals surface area (Å²) in [5.74, 6) is -6.64. The van der Waals surface area contributed by atoms with Crippen LogP contribution in [-0.4, -0.2) is 161 Å². The van der Waals surface area contributed by atoms with Crippen molar-refractivity contribution < 1.29 is 67.8 Å². The fourth-order valence-corrected chi connectivity index (χ4v) is 12.8. The number of piperidine rings is 1. The minimum absolute atomic E-state index is 0.0649. The zero-order valence-electron chi connectivity index (χ0n) is 42.6. The van der Waals surface area contributed by atoms with Crippen LogP contribution in [0.1, 0.15) is 99.0 Å². The van der Waals surface area contributed by atoms with Crippen LogP contribution < -0.4 is 10.6 Å². The molecule has 3 saturated heterocycles. The first-order chi connectivity index (χ1) is 35.3. The number of carbonyl (C=O) groups is 6. The van der Waals surface area contributed by atoms with Crippen LogP contribution in [0.5, 0.6) is 0 Å². The van der Waals surface area contributed by atoms with E-state index in [9.17, 15) is 39.3 Å². The van der Waals surface area contributed by atoms with Gasteiger partial charge in [0.15, 0.2) is 17.5 Å². The lowest BCUT2D eigenvalue weighted by molar-refractivity contribution is -0.346. The maximum atomic E-state index is 15.9. The normalized spacial score (nSPS) is 32.6. The van der Waals surface area contributed by atoms with E-state index >= 15 is 4.79 Å². The number of ether oxygens (including phenoxy) is 5. The van der Waals surface area contributed by atoms with Gasteiger partial charge in [-0.3, -0.25) is 29.0 Å². The maximum absolute atomic E-state index is 15.9. The van der Waals surface area contributed by atoms with E-state index in [-0.39, 0.29) is 48.0 Å². The Labute approximate surface area is 430 Å². The highest BCUT2D eigenvalue weighted by Crippen LogP contribution is 2.64. The Bertz CT molecular complexity index is 2620. The molecule has 2 bridgehead atoms. The van der Waals surface area contributed by atoms with Gasteiger partial charge in [-0.1, -0.05) is 80.6 Å². The largest absolute Gasteiger partial charge is 0.460 e. The van der Waals surface area contributed by atoms with Crippen molar-refractivity contribution in [2.45, 2.75) is 127 Å². The van der Waals surface area contributed by atoms with E-state index in [1.807, 2.05) is 4.90 Å². The molecule has 3 heterocycles. The number of nitrogens with zero attached hydrogens (tertiary/aromatic N) is 2. The molecule has 0 spiro atoms. The number of amides is 1. The molecule has 2 saturated carbocycles. The Balaban J connectivity index is 1.10. The molecule has 1 unspecified atom stereocenters. The van der Waals surface area contributed by atoms with E-state index in [0.717, 1.165) is 38.9 Å². The number of fused-ring (bicyclic) bond motifs is 5. The zero-order chi connectivity index (χ0) is 52.7. The third-order valence-corrected chi connectivity index (χ3v) is 16.9. The van der Waals surface area contributed by atoms with Crippen molar-refractivity contribution in [2.24, 2.45) is 16.7 Å². The van der Waals surface area contributed by atoms with Crippen molar-refractivity contribution in [2.75, 3.05) is 45.9 Å². The Morgan fingerprint density at radius 3 is 2.09 bits per heavy atom. The molecule has 3 aliphatic heterocycles. The van der Waals surface area contributed by atoms with Gasteiger partial charge in [0.1, 0.15) is 36.1 Å². The second kappa shape index (κ2) is 21.0. The molecule has 18 nitrogen and oxygen atoms in total. The van der Waals surface area contributed by atoms with Gasteiger partial charge >= 0.3 is 23.9 Å². The molecule has 5 fully saturated rings. The monoisotopic (exact) mass is 1020 g/mol. The average Bonchev–Trinajstić information content (AvgIpc) is 3.48. The van der Waals surface area contributed by atoms with Crippen molar-refractivity contribution in [3.8, 4) is 0 Å². The highest BCUT2D eigenvalue weighted by molar-refractivity contribution is 5.96. The van der Waals surface area contributed by atoms with Crippen molar-refractivity contribution >= 4 is 35.6 Å². The predicted molar refractivity (Wildman–Crippen MR) is 266 cm³/mol. The molecular weight excluding hydrogens is 953 g/mol. The zero-order valence-corrected chi connectivity index (χ0v) is 42.6. The van der Waals surface area contributed by atoms with Gasteiger partial charge in [0.2, 0.25) is 0 Å². The van der Waals surface area contributed by atoms with Crippen LogP contribution in [0.3, 0.4) is 0 Å². The summed E-state index contributed by atoms with van der Waals surface area (Å²) in [5, 5.41) is 45.0. The SMILES string of the molecule is CC(=O)O[C@@]12CO[C@@H]1C[C@H](OC(=O)CN1CCN(C3CCCCN3)CC1)[C@@]1(C)C(=O)[C@H](O)C3=C(C)[C@@H](OC(=O)[C@H](O)[C@@H](NC(=O)c4ccccc4)c4ccccc4)C[C@@](O)([C@@H](OC(=O)c4ccccc4)[C@H]21)C3(C)C. The van der Waals surface area contributed by atoms with Crippen molar-refractivity contribution in [3.05, 3.63) is 119 Å². The summed E-state index contributed by atoms with van der Waals surface area (Å²) in [7, 11) is 0. The third-order valence-electron chi connectivity index (χ3n) is 16.9. The number of rotatable bonds is 13. The number of hydrogen-bond donors (Lipinski definition) is 5. The van der Waals surface area contributed by atoms with E-state index < -0.39 is 113 Å². The number of benzene rings is 3. The molecule has 3 aliphatic carbocycles. The summed E-state index contributed by atoms with van der Waals surface area (Å²) < 4.78 is 31.5. The Morgan fingerprint density at radius 2 is 1.50 bits per heavy atom. The fourth-order valence-electron chi connectivity index (χ4n) is 12.8. The smallest absolute Gasteiger partial charge is 0.338 e. The lowest BCUT2D eigenvalue weighted by Crippen LogP contribution is -2.82. The molecular formula is C56H68N4O14. The van der Waals surface area contributed by atoms with Gasteiger partial charge in [-0.25, -0.2) is 9.59 Å². The quantitative estimate of drug-likeness (QED) is 0.0937. The lowest BCUT2D eigenvalue weighted by atomic mass is 9.44. The van der Waals surface area contributed by atoms with E-state index in [4.69, 9.17) is 23.7 Å². The van der Waals surface area contributed by atoms with Crippen molar-refractivity contribution in [1.82, 2.24) is 20.4 Å². The molecule has 0 radical (unpaired) electrons. The molecule has 74 heavy (non-hydrogen) atoms. The topological polar surface area (TPSA) is 240 Å². The summed E-state index contributed by atoms with van der Waals surface area (Å²) in [6.07, 6.45) is -6.99. The molecule has 0 aromatic heterocycles. The maximum Gasteiger partial charge on any atom is 0.338 e. The number of nitrogens with one attached hydrogen (secondary N) is 2. The summed E-state index contributed by atoms with van der Waals surface area (Å²) in [6.45, 7) is 10.5. The highest BCUT2D eigenvalue weighted by atomic mass is 16.6. The average molecular weight is 1020 g/mol. The number of esters is 4. The lowest BCUT2D eigenvalue weighted by Gasteiger charge is -2.67. The molecule has 1 amide bonds. The fraction of sp³-hybridized carbons (Fsp3) is 0.536. The van der Waals surface area contributed by atoms with E-state index in [1.54, 1.807) is 92.7 Å². The van der Waals surface area contributed by atoms with Crippen LogP contribution >= 0.6 is 0 Å². The second-order valence-electron chi connectivity index (χ2n) is 21.5. The van der Waals surface area contributed by atoms with Crippen LogP contribution in [0.15, 0.2) is 102 Å². The van der Waals surface area contributed by atoms with Gasteiger partial charge in [0.25, 0.3) is 5.91 Å².